The lowest BCUT2D eigenvalue weighted by atomic mass is 9.89. The average molecular weight is 428 g/mol. The fourth-order valence-corrected chi connectivity index (χ4v) is 4.22. The second-order valence-electron chi connectivity index (χ2n) is 10.00. The second-order valence-corrected chi connectivity index (χ2v) is 10.00. The van der Waals surface area contributed by atoms with Crippen molar-refractivity contribution < 1.29 is 9.59 Å². The fraction of sp³-hybridized carbons (Fsp3) is 0.667. The Kier molecular flexibility index (Phi) is 7.02. The van der Waals surface area contributed by atoms with E-state index < -0.39 is 0 Å². The highest BCUT2D eigenvalue weighted by atomic mass is 16.2. The van der Waals surface area contributed by atoms with E-state index in [0.29, 0.717) is 18.7 Å². The highest BCUT2D eigenvalue weighted by Gasteiger charge is 2.25. The Bertz CT molecular complexity index is 949. The van der Waals surface area contributed by atoms with Crippen LogP contribution in [0, 0.1) is 12.8 Å². The lowest BCUT2D eigenvalue weighted by Gasteiger charge is -2.21. The number of aryl methyl sites for hydroxylation is 1. The predicted octanol–water partition coefficient (Wildman–Crippen LogP) is 4.04. The van der Waals surface area contributed by atoms with Gasteiger partial charge in [0.25, 0.3) is 5.91 Å². The van der Waals surface area contributed by atoms with Crippen molar-refractivity contribution in [2.45, 2.75) is 85.1 Å². The molecule has 0 saturated heterocycles. The fourth-order valence-electron chi connectivity index (χ4n) is 4.22. The molecule has 1 aliphatic carbocycles. The number of carbonyl (C=O) groups is 2. The minimum atomic E-state index is -0.244. The molecule has 1 aliphatic rings. The smallest absolute Gasteiger partial charge is 0.252 e. The van der Waals surface area contributed by atoms with Gasteiger partial charge in [0.2, 0.25) is 5.91 Å². The molecule has 7 nitrogen and oxygen atoms in total. The average Bonchev–Trinajstić information content (AvgIpc) is 3.08. The Hall–Kier alpha value is -2.44. The lowest BCUT2D eigenvalue weighted by Crippen LogP contribution is -2.38. The summed E-state index contributed by atoms with van der Waals surface area (Å²) in [6.45, 7) is 13.1. The Morgan fingerprint density at radius 3 is 2.39 bits per heavy atom. The van der Waals surface area contributed by atoms with Crippen LogP contribution in [-0.2, 0) is 10.3 Å². The van der Waals surface area contributed by atoms with Crippen LogP contribution in [0.15, 0.2) is 6.07 Å². The van der Waals surface area contributed by atoms with Crippen LogP contribution < -0.4 is 10.6 Å². The van der Waals surface area contributed by atoms with Crippen LogP contribution in [0.4, 0.5) is 0 Å². The van der Waals surface area contributed by atoms with E-state index in [-0.39, 0.29) is 29.2 Å². The summed E-state index contributed by atoms with van der Waals surface area (Å²) in [6, 6.07) is 1.88. The molecule has 0 aromatic carbocycles. The molecule has 0 atom stereocenters. The van der Waals surface area contributed by atoms with Crippen molar-refractivity contribution in [1.29, 1.82) is 0 Å². The van der Waals surface area contributed by atoms with E-state index in [1.54, 1.807) is 0 Å². The van der Waals surface area contributed by atoms with E-state index in [2.05, 4.69) is 45.3 Å². The molecule has 0 spiro atoms. The first kappa shape index (κ1) is 23.2. The van der Waals surface area contributed by atoms with Crippen LogP contribution in [0.1, 0.15) is 94.4 Å². The molecule has 1 saturated carbocycles. The van der Waals surface area contributed by atoms with Crippen molar-refractivity contribution in [1.82, 2.24) is 25.4 Å². The lowest BCUT2D eigenvalue weighted by molar-refractivity contribution is -0.125. The highest BCUT2D eigenvalue weighted by molar-refractivity contribution is 6.06. The molecule has 2 amide bonds. The predicted molar refractivity (Wildman–Crippen MR) is 123 cm³/mol. The molecule has 1 fully saturated rings. The molecular formula is C24H37N5O2. The van der Waals surface area contributed by atoms with Crippen molar-refractivity contribution in [3.63, 3.8) is 0 Å². The van der Waals surface area contributed by atoms with E-state index >= 15 is 0 Å². The third kappa shape index (κ3) is 5.25. The second kappa shape index (κ2) is 9.37. The minimum Gasteiger partial charge on any atom is -0.354 e. The van der Waals surface area contributed by atoms with Crippen LogP contribution in [0.25, 0.3) is 11.0 Å². The summed E-state index contributed by atoms with van der Waals surface area (Å²) in [5, 5.41) is 11.4. The van der Waals surface area contributed by atoms with Crippen molar-refractivity contribution >= 4 is 22.8 Å². The summed E-state index contributed by atoms with van der Waals surface area (Å²) in [5.74, 6) is 0.278. The van der Waals surface area contributed by atoms with Gasteiger partial charge in [0.1, 0.15) is 0 Å². The number of carbonyl (C=O) groups excluding carboxylic acids is 2. The van der Waals surface area contributed by atoms with E-state index in [1.165, 1.54) is 6.42 Å². The van der Waals surface area contributed by atoms with Gasteiger partial charge in [0.15, 0.2) is 5.65 Å². The molecule has 2 aromatic heterocycles. The first-order valence-electron chi connectivity index (χ1n) is 11.6. The summed E-state index contributed by atoms with van der Waals surface area (Å²) in [6.07, 6.45) is 5.44. The molecule has 170 valence electrons. The van der Waals surface area contributed by atoms with Gasteiger partial charge >= 0.3 is 0 Å². The third-order valence-electron chi connectivity index (χ3n) is 5.99. The first-order chi connectivity index (χ1) is 14.6. The van der Waals surface area contributed by atoms with Crippen LogP contribution in [0.3, 0.4) is 0 Å². The van der Waals surface area contributed by atoms with Crippen molar-refractivity contribution in [3.05, 3.63) is 23.0 Å². The Labute approximate surface area is 185 Å². The zero-order chi connectivity index (χ0) is 22.8. The van der Waals surface area contributed by atoms with Gasteiger partial charge in [0, 0.05) is 24.7 Å². The van der Waals surface area contributed by atoms with Gasteiger partial charge in [-0.05, 0) is 52.5 Å². The third-order valence-corrected chi connectivity index (χ3v) is 5.99. The number of aromatic nitrogens is 3. The molecule has 2 N–H and O–H groups in total. The number of rotatable bonds is 6. The molecule has 7 heteroatoms. The Morgan fingerprint density at radius 1 is 1.13 bits per heavy atom. The van der Waals surface area contributed by atoms with Gasteiger partial charge in [-0.25, -0.2) is 9.67 Å². The Balaban J connectivity index is 1.75. The number of hydrogen-bond donors (Lipinski definition) is 2. The SMILES string of the molecule is Cc1nn(C(C)(C)C)c2nc(C(C)C)cc(C(=O)NCCNC(=O)C3CCCCC3)c12. The number of fused-ring (bicyclic) bond motifs is 1. The molecule has 3 rings (SSSR count). The molecule has 0 radical (unpaired) electrons. The van der Waals surface area contributed by atoms with Crippen LogP contribution in [0.5, 0.6) is 0 Å². The minimum absolute atomic E-state index is 0.115. The highest BCUT2D eigenvalue weighted by Crippen LogP contribution is 2.29. The van der Waals surface area contributed by atoms with E-state index in [4.69, 9.17) is 10.1 Å². The van der Waals surface area contributed by atoms with Gasteiger partial charge in [-0.1, -0.05) is 33.1 Å². The molecule has 31 heavy (non-hydrogen) atoms. The van der Waals surface area contributed by atoms with Crippen LogP contribution in [0.2, 0.25) is 0 Å². The van der Waals surface area contributed by atoms with E-state index in [9.17, 15) is 9.59 Å². The summed E-state index contributed by atoms with van der Waals surface area (Å²) in [5.41, 5.74) is 2.76. The zero-order valence-corrected chi connectivity index (χ0v) is 19.8. The summed E-state index contributed by atoms with van der Waals surface area (Å²) >= 11 is 0. The van der Waals surface area contributed by atoms with Gasteiger partial charge in [0.05, 0.1) is 22.2 Å². The number of nitrogens with one attached hydrogen (secondary N) is 2. The van der Waals surface area contributed by atoms with E-state index in [1.807, 2.05) is 17.7 Å². The largest absolute Gasteiger partial charge is 0.354 e. The number of nitrogens with zero attached hydrogens (tertiary/aromatic N) is 3. The molecule has 0 unspecified atom stereocenters. The van der Waals surface area contributed by atoms with E-state index in [0.717, 1.165) is 48.1 Å². The van der Waals surface area contributed by atoms with Crippen LogP contribution in [-0.4, -0.2) is 39.7 Å². The summed E-state index contributed by atoms with van der Waals surface area (Å²) < 4.78 is 1.91. The number of hydrogen-bond acceptors (Lipinski definition) is 4. The topological polar surface area (TPSA) is 88.9 Å². The maximum Gasteiger partial charge on any atom is 0.252 e. The normalized spacial score (nSPS) is 15.5. The summed E-state index contributed by atoms with van der Waals surface area (Å²) in [7, 11) is 0. The van der Waals surface area contributed by atoms with Crippen molar-refractivity contribution in [2.24, 2.45) is 5.92 Å². The number of pyridine rings is 1. The standard InChI is InChI=1S/C24H37N5O2/c1-15(2)19-14-18(20-16(3)28-29(21(20)27-19)24(4,5)6)23(31)26-13-12-25-22(30)17-10-8-7-9-11-17/h14-15,17H,7-13H2,1-6H3,(H,25,30)(H,26,31). The molecular weight excluding hydrogens is 390 g/mol. The summed E-state index contributed by atoms with van der Waals surface area (Å²) in [4.78, 5) is 30.2. The monoisotopic (exact) mass is 427 g/mol. The van der Waals surface area contributed by atoms with Crippen molar-refractivity contribution in [2.75, 3.05) is 13.1 Å². The zero-order valence-electron chi connectivity index (χ0n) is 19.8. The molecule has 2 aromatic rings. The quantitative estimate of drug-likeness (QED) is 0.681. The van der Waals surface area contributed by atoms with Gasteiger partial charge in [-0.15, -0.1) is 0 Å². The molecule has 0 bridgehead atoms. The maximum absolute atomic E-state index is 13.1. The maximum atomic E-state index is 13.1. The van der Waals surface area contributed by atoms with Gasteiger partial charge in [-0.3, -0.25) is 9.59 Å². The molecule has 0 aliphatic heterocycles. The van der Waals surface area contributed by atoms with Gasteiger partial charge in [-0.2, -0.15) is 5.10 Å². The molecule has 2 heterocycles. The van der Waals surface area contributed by atoms with Gasteiger partial charge < -0.3 is 10.6 Å². The number of amides is 2. The first-order valence-corrected chi connectivity index (χ1v) is 11.6. The van der Waals surface area contributed by atoms with Crippen molar-refractivity contribution in [3.8, 4) is 0 Å². The Morgan fingerprint density at radius 2 is 1.77 bits per heavy atom. The van der Waals surface area contributed by atoms with Crippen LogP contribution >= 0.6 is 0 Å².